The summed E-state index contributed by atoms with van der Waals surface area (Å²) in [4.78, 5) is 42.7. The smallest absolute Gasteiger partial charge is 0.377 e. The first-order chi connectivity index (χ1) is 18.8. The molecule has 1 saturated carbocycles. The first-order valence-electron chi connectivity index (χ1n) is 13.4. The van der Waals surface area contributed by atoms with Crippen LogP contribution in [0.15, 0.2) is 95.9 Å². The van der Waals surface area contributed by atoms with E-state index < -0.39 is 34.1 Å². The third-order valence-electron chi connectivity index (χ3n) is 9.03. The molecule has 7 heteroatoms. The van der Waals surface area contributed by atoms with Gasteiger partial charge in [0.2, 0.25) is 5.78 Å². The lowest BCUT2D eigenvalue weighted by molar-refractivity contribution is -0.531. The second kappa shape index (κ2) is 9.89. The van der Waals surface area contributed by atoms with Gasteiger partial charge in [0.05, 0.1) is 11.0 Å². The van der Waals surface area contributed by atoms with E-state index in [1.807, 2.05) is 73.7 Å². The van der Waals surface area contributed by atoms with E-state index in [0.29, 0.717) is 31.7 Å². The number of ketones is 1. The number of rotatable bonds is 8. The molecule has 3 aliphatic rings. The molecule has 3 aromatic rings. The molecule has 2 saturated heterocycles. The maximum absolute atomic E-state index is 13.6. The molecule has 1 aliphatic carbocycles. The molecular formula is C32H33NO5S. The van der Waals surface area contributed by atoms with E-state index in [0.717, 1.165) is 16.0 Å². The van der Waals surface area contributed by atoms with Crippen molar-refractivity contribution in [1.82, 2.24) is 4.90 Å². The zero-order valence-corrected chi connectivity index (χ0v) is 23.1. The minimum Gasteiger partial charge on any atom is -0.422 e. The molecule has 3 fully saturated rings. The number of esters is 1. The average molecular weight is 544 g/mol. The predicted octanol–water partition coefficient (Wildman–Crippen LogP) is 5.95. The van der Waals surface area contributed by atoms with E-state index >= 15 is 0 Å². The molecule has 0 amide bonds. The minimum atomic E-state index is -1.41. The zero-order valence-electron chi connectivity index (χ0n) is 22.3. The summed E-state index contributed by atoms with van der Waals surface area (Å²) >= 11 is 1.60. The van der Waals surface area contributed by atoms with Crippen LogP contribution in [-0.4, -0.2) is 39.3 Å². The van der Waals surface area contributed by atoms with Gasteiger partial charge in [-0.3, -0.25) is 9.69 Å². The van der Waals surface area contributed by atoms with Crippen LogP contribution >= 0.6 is 11.8 Å². The number of Topliss-reactive ketones (excluding diaryl/α,β-unsaturated/α-hetero) is 1. The summed E-state index contributed by atoms with van der Waals surface area (Å²) < 4.78 is 5.97. The van der Waals surface area contributed by atoms with Crippen LogP contribution < -0.4 is 0 Å². The van der Waals surface area contributed by atoms with Crippen LogP contribution in [-0.2, 0) is 37.2 Å². The zero-order chi connectivity index (χ0) is 27.1. The number of ether oxygens (including phenoxy) is 1. The molecule has 0 spiro atoms. The van der Waals surface area contributed by atoms with Crippen LogP contribution in [0, 0.1) is 5.41 Å². The van der Waals surface area contributed by atoms with E-state index in [1.54, 1.807) is 11.8 Å². The molecule has 202 valence electrons. The molecule has 39 heavy (non-hydrogen) atoms. The first kappa shape index (κ1) is 26.3. The second-order valence-electron chi connectivity index (χ2n) is 11.3. The topological polar surface area (TPSA) is 65.1 Å². The number of hydrogen-bond donors (Lipinski definition) is 0. The third-order valence-corrected chi connectivity index (χ3v) is 10.3. The SMILES string of the molecule is C[C@]1(CSc2ccccc2)OO[C@]23C[C@@]1(CC[C@@]2(C)N(Cc1ccccc1)Cc1ccccc1)C(=O)C(=O)O3. The van der Waals surface area contributed by atoms with Gasteiger partial charge in [0.25, 0.3) is 5.79 Å². The van der Waals surface area contributed by atoms with E-state index in [2.05, 4.69) is 36.1 Å². The van der Waals surface area contributed by atoms with Crippen LogP contribution in [0.1, 0.15) is 44.2 Å². The highest BCUT2D eigenvalue weighted by atomic mass is 32.2. The lowest BCUT2D eigenvalue weighted by Gasteiger charge is -2.66. The van der Waals surface area contributed by atoms with Gasteiger partial charge in [-0.1, -0.05) is 78.9 Å². The normalized spacial score (nSPS) is 31.7. The summed E-state index contributed by atoms with van der Waals surface area (Å²) in [6, 6.07) is 30.5. The van der Waals surface area contributed by atoms with Gasteiger partial charge in [0, 0.05) is 30.2 Å². The number of benzene rings is 3. The van der Waals surface area contributed by atoms with Crippen LogP contribution in [0.25, 0.3) is 0 Å². The molecule has 0 radical (unpaired) electrons. The molecule has 2 bridgehead atoms. The highest BCUT2D eigenvalue weighted by molar-refractivity contribution is 7.99. The van der Waals surface area contributed by atoms with Gasteiger partial charge < -0.3 is 4.74 Å². The first-order valence-corrected chi connectivity index (χ1v) is 14.4. The maximum atomic E-state index is 13.6. The Bertz CT molecular complexity index is 1310. The Labute approximate surface area is 233 Å². The molecule has 2 heterocycles. The number of carbonyl (C=O) groups excluding carboxylic acids is 2. The largest absolute Gasteiger partial charge is 0.422 e. The maximum Gasteiger partial charge on any atom is 0.377 e. The number of carbonyl (C=O) groups is 2. The lowest BCUT2D eigenvalue weighted by Crippen LogP contribution is -2.79. The highest BCUT2D eigenvalue weighted by Crippen LogP contribution is 2.64. The van der Waals surface area contributed by atoms with Crippen molar-refractivity contribution < 1.29 is 24.1 Å². The number of thioether (sulfide) groups is 1. The Hall–Kier alpha value is -2.97. The van der Waals surface area contributed by atoms with Gasteiger partial charge in [0.1, 0.15) is 5.60 Å². The average Bonchev–Trinajstić information content (AvgIpc) is 2.96. The Morgan fingerprint density at radius 2 is 1.33 bits per heavy atom. The van der Waals surface area contributed by atoms with E-state index in [4.69, 9.17) is 14.5 Å². The molecule has 6 nitrogen and oxygen atoms in total. The molecule has 3 aromatic carbocycles. The third kappa shape index (κ3) is 4.32. The van der Waals surface area contributed by atoms with Gasteiger partial charge >= 0.3 is 5.97 Å². The van der Waals surface area contributed by atoms with Crippen molar-refractivity contribution in [2.45, 2.75) is 68.0 Å². The molecule has 6 rings (SSSR count). The molecule has 0 aromatic heterocycles. The predicted molar refractivity (Wildman–Crippen MR) is 148 cm³/mol. The van der Waals surface area contributed by atoms with Crippen molar-refractivity contribution in [3.05, 3.63) is 102 Å². The fraction of sp³-hybridized carbons (Fsp3) is 0.375. The van der Waals surface area contributed by atoms with Crippen LogP contribution in [0.3, 0.4) is 0 Å². The molecular weight excluding hydrogens is 510 g/mol. The van der Waals surface area contributed by atoms with Crippen molar-refractivity contribution in [2.24, 2.45) is 5.41 Å². The molecule has 0 N–H and O–H groups in total. The van der Waals surface area contributed by atoms with Crippen molar-refractivity contribution in [3.8, 4) is 0 Å². The monoisotopic (exact) mass is 543 g/mol. The van der Waals surface area contributed by atoms with Crippen LogP contribution in [0.5, 0.6) is 0 Å². The van der Waals surface area contributed by atoms with Crippen molar-refractivity contribution in [3.63, 3.8) is 0 Å². The second-order valence-corrected chi connectivity index (χ2v) is 12.4. The van der Waals surface area contributed by atoms with Gasteiger partial charge in [0.15, 0.2) is 0 Å². The summed E-state index contributed by atoms with van der Waals surface area (Å²) in [5.74, 6) is -2.26. The summed E-state index contributed by atoms with van der Waals surface area (Å²) in [5, 5.41) is 0. The standard InChI is InChI=1S/C32H33NO5S/c1-29(33(20-24-12-6-3-7-13-24)21-25-14-8-4-9-15-25)18-19-31-22-32(29,36-28(35)27(31)34)38-37-30(31,2)23-39-26-16-10-5-11-17-26/h3-17H,18-23H2,1-2H3/t29-,30-,31+,32-/m1/s1. The fourth-order valence-electron chi connectivity index (χ4n) is 6.43. The summed E-state index contributed by atoms with van der Waals surface area (Å²) in [7, 11) is 0. The van der Waals surface area contributed by atoms with Crippen LogP contribution in [0.4, 0.5) is 0 Å². The van der Waals surface area contributed by atoms with Crippen molar-refractivity contribution in [2.75, 3.05) is 5.75 Å². The minimum absolute atomic E-state index is 0.271. The van der Waals surface area contributed by atoms with Gasteiger partial charge in [-0.05, 0) is 49.9 Å². The van der Waals surface area contributed by atoms with E-state index in [-0.39, 0.29) is 6.42 Å². The fourth-order valence-corrected chi connectivity index (χ4v) is 7.55. The Morgan fingerprint density at radius 1 is 0.769 bits per heavy atom. The number of nitrogens with zero attached hydrogens (tertiary/aromatic N) is 1. The van der Waals surface area contributed by atoms with Gasteiger partial charge in [-0.25, -0.2) is 9.68 Å². The molecule has 4 atom stereocenters. The highest BCUT2D eigenvalue weighted by Gasteiger charge is 2.77. The van der Waals surface area contributed by atoms with Gasteiger partial charge in [-0.2, -0.15) is 4.89 Å². The lowest BCUT2D eigenvalue weighted by atomic mass is 9.54. The van der Waals surface area contributed by atoms with Gasteiger partial charge in [-0.15, -0.1) is 11.8 Å². The number of hydrogen-bond acceptors (Lipinski definition) is 7. The van der Waals surface area contributed by atoms with Crippen molar-refractivity contribution >= 4 is 23.5 Å². The molecule has 2 aliphatic heterocycles. The summed E-state index contributed by atoms with van der Waals surface area (Å²) in [5.41, 5.74) is -0.471. The van der Waals surface area contributed by atoms with E-state index in [9.17, 15) is 9.59 Å². The summed E-state index contributed by atoms with van der Waals surface area (Å²) in [6.07, 6.45) is 1.39. The quantitative estimate of drug-likeness (QED) is 0.150. The summed E-state index contributed by atoms with van der Waals surface area (Å²) in [6.45, 7) is 5.22. The van der Waals surface area contributed by atoms with E-state index in [1.165, 1.54) is 0 Å². The Kier molecular flexibility index (Phi) is 6.66. The Morgan fingerprint density at radius 3 is 1.92 bits per heavy atom. The Balaban J connectivity index is 1.36. The molecule has 0 unspecified atom stereocenters. The van der Waals surface area contributed by atoms with Crippen LogP contribution in [0.2, 0.25) is 0 Å². The van der Waals surface area contributed by atoms with Crippen molar-refractivity contribution in [1.29, 1.82) is 0 Å².